The molecule has 1 aromatic heterocycles. The second-order valence-corrected chi connectivity index (χ2v) is 7.60. The molecule has 0 amide bonds. The van der Waals surface area contributed by atoms with Gasteiger partial charge in [-0.15, -0.1) is 0 Å². The second-order valence-electron chi connectivity index (χ2n) is 7.60. The maximum atomic E-state index is 5.86. The van der Waals surface area contributed by atoms with Crippen molar-refractivity contribution in [2.75, 3.05) is 59.4 Å². The van der Waals surface area contributed by atoms with Crippen LogP contribution in [0.15, 0.2) is 54.7 Å². The second kappa shape index (κ2) is 11.4. The van der Waals surface area contributed by atoms with E-state index in [4.69, 9.17) is 9.47 Å². The van der Waals surface area contributed by atoms with Crippen molar-refractivity contribution in [3.05, 3.63) is 60.3 Å². The summed E-state index contributed by atoms with van der Waals surface area (Å²) in [6.07, 6.45) is 1.99. The lowest BCUT2D eigenvalue weighted by molar-refractivity contribution is 0.323. The third-order valence-corrected chi connectivity index (χ3v) is 5.22. The van der Waals surface area contributed by atoms with E-state index in [0.29, 0.717) is 6.61 Å². The number of nitrogens with one attached hydrogen (secondary N) is 2. The Morgan fingerprint density at radius 2 is 1.81 bits per heavy atom. The third kappa shape index (κ3) is 6.47. The summed E-state index contributed by atoms with van der Waals surface area (Å²) in [6, 6.07) is 16.2. The molecule has 0 saturated carbocycles. The maximum Gasteiger partial charge on any atom is 0.123 e. The third-order valence-electron chi connectivity index (χ3n) is 5.22. The van der Waals surface area contributed by atoms with Crippen LogP contribution < -0.4 is 19.7 Å². The zero-order valence-electron chi connectivity index (χ0n) is 18.9. The molecule has 0 aliphatic rings. The quantitative estimate of drug-likeness (QED) is 0.466. The summed E-state index contributed by atoms with van der Waals surface area (Å²) in [5.41, 5.74) is 4.46. The number of anilines is 1. The smallest absolute Gasteiger partial charge is 0.123 e. The average molecular weight is 424 g/mol. The minimum Gasteiger partial charge on any atom is -0.497 e. The van der Waals surface area contributed by atoms with Crippen LogP contribution in [0.25, 0.3) is 11.3 Å². The molecule has 0 bridgehead atoms. The van der Waals surface area contributed by atoms with Crippen LogP contribution in [-0.4, -0.2) is 69.6 Å². The van der Waals surface area contributed by atoms with Gasteiger partial charge in [0.15, 0.2) is 0 Å². The largest absolute Gasteiger partial charge is 0.497 e. The van der Waals surface area contributed by atoms with E-state index in [1.807, 2.05) is 37.5 Å². The van der Waals surface area contributed by atoms with E-state index in [-0.39, 0.29) is 0 Å². The molecule has 7 nitrogen and oxygen atoms in total. The van der Waals surface area contributed by atoms with Gasteiger partial charge in [-0.05, 0) is 38.4 Å². The Balaban J connectivity index is 1.55. The van der Waals surface area contributed by atoms with Crippen molar-refractivity contribution in [3.8, 4) is 22.8 Å². The fourth-order valence-electron chi connectivity index (χ4n) is 3.35. The van der Waals surface area contributed by atoms with Gasteiger partial charge in [0.25, 0.3) is 0 Å². The molecule has 0 aliphatic carbocycles. The number of likely N-dealkylation sites (N-methyl/N-ethyl adjacent to an activating group) is 3. The van der Waals surface area contributed by atoms with E-state index in [0.717, 1.165) is 54.6 Å². The Kier molecular flexibility index (Phi) is 8.32. The van der Waals surface area contributed by atoms with Crippen molar-refractivity contribution in [2.45, 2.75) is 6.54 Å². The van der Waals surface area contributed by atoms with Gasteiger partial charge in [-0.25, -0.2) is 0 Å². The van der Waals surface area contributed by atoms with Crippen molar-refractivity contribution < 1.29 is 9.47 Å². The number of hydrogen-bond donors (Lipinski definition) is 2. The monoisotopic (exact) mass is 423 g/mol. The summed E-state index contributed by atoms with van der Waals surface area (Å²) >= 11 is 0. The van der Waals surface area contributed by atoms with Crippen molar-refractivity contribution >= 4 is 5.69 Å². The Morgan fingerprint density at radius 1 is 1.03 bits per heavy atom. The predicted molar refractivity (Wildman–Crippen MR) is 126 cm³/mol. The van der Waals surface area contributed by atoms with Crippen LogP contribution >= 0.6 is 0 Å². The minimum absolute atomic E-state index is 0.591. The highest BCUT2D eigenvalue weighted by Gasteiger charge is 2.11. The molecule has 0 unspecified atom stereocenters. The summed E-state index contributed by atoms with van der Waals surface area (Å²) in [5.74, 6) is 1.61. The summed E-state index contributed by atoms with van der Waals surface area (Å²) in [6.45, 7) is 4.18. The number of aromatic amines is 1. The van der Waals surface area contributed by atoms with Crippen LogP contribution in [0.2, 0.25) is 0 Å². The molecular formula is C24H33N5O2. The van der Waals surface area contributed by atoms with Crippen LogP contribution in [0.5, 0.6) is 11.5 Å². The summed E-state index contributed by atoms with van der Waals surface area (Å²) < 4.78 is 11.1. The van der Waals surface area contributed by atoms with Gasteiger partial charge in [-0.2, -0.15) is 5.10 Å². The molecule has 3 aromatic rings. The van der Waals surface area contributed by atoms with Crippen molar-refractivity contribution in [1.29, 1.82) is 0 Å². The van der Waals surface area contributed by atoms with E-state index < -0.39 is 0 Å². The topological polar surface area (TPSA) is 65.7 Å². The minimum atomic E-state index is 0.591. The molecule has 0 fully saturated rings. The van der Waals surface area contributed by atoms with E-state index in [1.165, 1.54) is 5.56 Å². The van der Waals surface area contributed by atoms with Crippen molar-refractivity contribution in [3.63, 3.8) is 0 Å². The SMILES string of the molecule is CNCCN(C)Cc1c[nH]nc1-c1ccc(N(C)CCOc2cccc(OC)c2)cc1. The first-order chi connectivity index (χ1) is 15.1. The van der Waals surface area contributed by atoms with Gasteiger partial charge in [-0.3, -0.25) is 5.10 Å². The first kappa shape index (κ1) is 22.7. The molecule has 0 spiro atoms. The first-order valence-corrected chi connectivity index (χ1v) is 10.5. The molecule has 2 aromatic carbocycles. The van der Waals surface area contributed by atoms with Crippen LogP contribution in [0.1, 0.15) is 5.56 Å². The van der Waals surface area contributed by atoms with Gasteiger partial charge in [0.2, 0.25) is 0 Å². The standard InChI is InChI=1S/C24H33N5O2/c1-25-12-13-28(2)18-20-17-26-27-24(20)19-8-10-21(11-9-19)29(3)14-15-31-23-7-5-6-22(16-23)30-4/h5-11,16-17,25H,12-15,18H2,1-4H3,(H,26,27). The maximum absolute atomic E-state index is 5.86. The Hall–Kier alpha value is -3.03. The van der Waals surface area contributed by atoms with Crippen LogP contribution in [0.3, 0.4) is 0 Å². The van der Waals surface area contributed by atoms with Gasteiger partial charge in [0.1, 0.15) is 18.1 Å². The van der Waals surface area contributed by atoms with E-state index in [1.54, 1.807) is 7.11 Å². The van der Waals surface area contributed by atoms with Crippen molar-refractivity contribution in [2.24, 2.45) is 0 Å². The van der Waals surface area contributed by atoms with E-state index in [2.05, 4.69) is 63.7 Å². The highest BCUT2D eigenvalue weighted by Crippen LogP contribution is 2.25. The number of rotatable bonds is 12. The molecule has 0 saturated heterocycles. The number of hydrogen-bond acceptors (Lipinski definition) is 6. The van der Waals surface area contributed by atoms with Gasteiger partial charge in [-0.1, -0.05) is 18.2 Å². The average Bonchev–Trinajstić information content (AvgIpc) is 3.25. The molecule has 166 valence electrons. The van der Waals surface area contributed by atoms with E-state index >= 15 is 0 Å². The fraction of sp³-hybridized carbons (Fsp3) is 0.375. The number of H-pyrrole nitrogens is 1. The Labute approximate surface area is 185 Å². The number of nitrogens with zero attached hydrogens (tertiary/aromatic N) is 3. The normalized spacial score (nSPS) is 11.0. The summed E-state index contributed by atoms with van der Waals surface area (Å²) in [5, 5.41) is 10.7. The summed E-state index contributed by atoms with van der Waals surface area (Å²) in [7, 11) is 7.83. The van der Waals surface area contributed by atoms with Crippen LogP contribution in [0, 0.1) is 0 Å². The number of methoxy groups -OCH3 is 1. The van der Waals surface area contributed by atoms with E-state index in [9.17, 15) is 0 Å². The zero-order chi connectivity index (χ0) is 22.1. The van der Waals surface area contributed by atoms with Crippen molar-refractivity contribution in [1.82, 2.24) is 20.4 Å². The predicted octanol–water partition coefficient (Wildman–Crippen LogP) is 3.25. The first-order valence-electron chi connectivity index (χ1n) is 10.5. The lowest BCUT2D eigenvalue weighted by atomic mass is 10.1. The van der Waals surface area contributed by atoms with Gasteiger partial charge >= 0.3 is 0 Å². The molecule has 31 heavy (non-hydrogen) atoms. The summed E-state index contributed by atoms with van der Waals surface area (Å²) in [4.78, 5) is 4.47. The Bertz CT molecular complexity index is 926. The molecule has 7 heteroatoms. The highest BCUT2D eigenvalue weighted by molar-refractivity contribution is 5.65. The van der Waals surface area contributed by atoms with Gasteiger partial charge in [0, 0.05) is 55.8 Å². The molecular weight excluding hydrogens is 390 g/mol. The van der Waals surface area contributed by atoms with Crippen LogP contribution in [0.4, 0.5) is 5.69 Å². The highest BCUT2D eigenvalue weighted by atomic mass is 16.5. The Morgan fingerprint density at radius 3 is 2.55 bits per heavy atom. The lowest BCUT2D eigenvalue weighted by Crippen LogP contribution is -2.27. The fourth-order valence-corrected chi connectivity index (χ4v) is 3.35. The van der Waals surface area contributed by atoms with Crippen LogP contribution in [-0.2, 0) is 6.54 Å². The molecule has 0 radical (unpaired) electrons. The number of aromatic nitrogens is 2. The molecule has 2 N–H and O–H groups in total. The van der Waals surface area contributed by atoms with Gasteiger partial charge < -0.3 is 24.6 Å². The molecule has 1 heterocycles. The number of benzene rings is 2. The van der Waals surface area contributed by atoms with Gasteiger partial charge in [0.05, 0.1) is 19.3 Å². The lowest BCUT2D eigenvalue weighted by Gasteiger charge is -2.20. The molecule has 3 rings (SSSR count). The molecule has 0 aliphatic heterocycles. The molecule has 0 atom stereocenters. The zero-order valence-corrected chi connectivity index (χ0v) is 18.9. The number of ether oxygens (including phenoxy) is 2.